The van der Waals surface area contributed by atoms with Gasteiger partial charge in [-0.25, -0.2) is 0 Å². The summed E-state index contributed by atoms with van der Waals surface area (Å²) in [4.78, 5) is 20.2. The fourth-order valence-electron chi connectivity index (χ4n) is 1.45. The Labute approximate surface area is 151 Å². The van der Waals surface area contributed by atoms with Crippen molar-refractivity contribution in [1.29, 1.82) is 0 Å². The van der Waals surface area contributed by atoms with E-state index in [0.717, 1.165) is 0 Å². The van der Waals surface area contributed by atoms with E-state index in [9.17, 15) is 9.79 Å². The molecule has 0 bridgehead atoms. The average Bonchev–Trinajstić information content (AvgIpc) is 2.36. The summed E-state index contributed by atoms with van der Waals surface area (Å²) in [6, 6.07) is 8.18. The minimum absolute atomic E-state index is 0.0241. The van der Waals surface area contributed by atoms with Gasteiger partial charge >= 0.3 is 151 Å². The molecule has 0 atom stereocenters. The third-order valence-corrected chi connectivity index (χ3v) is 4.77. The van der Waals surface area contributed by atoms with E-state index in [1.165, 1.54) is 36.4 Å². The average molecular weight is 424 g/mol. The predicted molar refractivity (Wildman–Crippen MR) is 91.4 cm³/mol. The van der Waals surface area contributed by atoms with Crippen LogP contribution in [0.25, 0.3) is 0 Å². The molecule has 120 valence electrons. The molecule has 0 spiro atoms. The minimum atomic E-state index is -5.54. The molecular formula is C12H8Cl5O4P. The first-order valence-electron chi connectivity index (χ1n) is 5.57. The van der Waals surface area contributed by atoms with Crippen molar-refractivity contribution in [2.24, 2.45) is 0 Å². The molecule has 2 N–H and O–H groups in total. The van der Waals surface area contributed by atoms with Crippen molar-refractivity contribution in [1.82, 2.24) is 0 Å². The van der Waals surface area contributed by atoms with Gasteiger partial charge in [0, 0.05) is 0 Å². The van der Waals surface area contributed by atoms with Gasteiger partial charge in [0.25, 0.3) is 0 Å². The molecule has 0 saturated carbocycles. The summed E-state index contributed by atoms with van der Waals surface area (Å²) in [6.07, 6.45) is 0. The van der Waals surface area contributed by atoms with E-state index in [2.05, 4.69) is 0 Å². The molecule has 2 aromatic rings. The van der Waals surface area contributed by atoms with Gasteiger partial charge in [0.05, 0.1) is 0 Å². The van der Waals surface area contributed by atoms with Gasteiger partial charge in [0.15, 0.2) is 0 Å². The zero-order valence-corrected chi connectivity index (χ0v) is 15.2. The maximum atomic E-state index is 10.1. The molecule has 2 aromatic carbocycles. The predicted octanol–water partition coefficient (Wildman–Crippen LogP) is 6.11. The van der Waals surface area contributed by atoms with E-state index in [1.54, 1.807) is 0 Å². The van der Waals surface area contributed by atoms with Crippen LogP contribution in [0.4, 0.5) is 0 Å². The summed E-state index contributed by atoms with van der Waals surface area (Å²) in [5.74, 6) is -0.234. The molecule has 0 radical (unpaired) electrons. The first-order chi connectivity index (χ1) is 10.0. The van der Waals surface area contributed by atoms with Crippen molar-refractivity contribution >= 4 is 64.5 Å². The Kier molecular flexibility index (Phi) is 5.28. The SMILES string of the molecule is OP(O)(Cl)(Oc1ccc(Cl)cc1Cl)Oc1ccc(Cl)cc1Cl. The third kappa shape index (κ3) is 4.92. The van der Waals surface area contributed by atoms with Gasteiger partial charge in [-0.05, 0) is 0 Å². The zero-order chi connectivity index (χ0) is 16.6. The van der Waals surface area contributed by atoms with Gasteiger partial charge in [0.1, 0.15) is 0 Å². The van der Waals surface area contributed by atoms with Crippen LogP contribution in [0.2, 0.25) is 20.1 Å². The Bertz CT molecular complexity index is 659. The van der Waals surface area contributed by atoms with E-state index < -0.39 is 6.86 Å². The van der Waals surface area contributed by atoms with Crippen LogP contribution >= 0.6 is 64.5 Å². The number of hydrogen-bond acceptors (Lipinski definition) is 4. The van der Waals surface area contributed by atoms with Gasteiger partial charge in [-0.2, -0.15) is 0 Å². The van der Waals surface area contributed by atoms with Crippen LogP contribution in [0.3, 0.4) is 0 Å². The monoisotopic (exact) mass is 422 g/mol. The molecule has 22 heavy (non-hydrogen) atoms. The number of halogens is 5. The topological polar surface area (TPSA) is 58.9 Å². The molecule has 0 aliphatic heterocycles. The maximum absolute atomic E-state index is 10.1. The van der Waals surface area contributed by atoms with E-state index in [0.29, 0.717) is 10.0 Å². The molecule has 0 unspecified atom stereocenters. The fourth-order valence-corrected chi connectivity index (χ4v) is 3.91. The second kappa shape index (κ2) is 6.39. The standard InChI is InChI=1S/C12H8Cl5O4P/c13-7-1-3-11(9(15)5-7)20-22(17,18,19)21-12-4-2-8(14)6-10(12)16/h1-6,18-19H. The Morgan fingerprint density at radius 3 is 1.41 bits per heavy atom. The van der Waals surface area contributed by atoms with Gasteiger partial charge < -0.3 is 0 Å². The molecule has 0 aliphatic rings. The van der Waals surface area contributed by atoms with Crippen molar-refractivity contribution in [3.05, 3.63) is 56.5 Å². The molecule has 0 heterocycles. The van der Waals surface area contributed by atoms with E-state index >= 15 is 0 Å². The molecule has 2 rings (SSSR count). The summed E-state index contributed by atoms with van der Waals surface area (Å²) in [6.45, 7) is -5.54. The molecule has 0 aliphatic carbocycles. The Morgan fingerprint density at radius 1 is 0.727 bits per heavy atom. The summed E-state index contributed by atoms with van der Waals surface area (Å²) in [5.41, 5.74) is 0. The number of hydrogen-bond donors (Lipinski definition) is 2. The molecule has 0 aromatic heterocycles. The van der Waals surface area contributed by atoms with Crippen molar-refractivity contribution in [3.8, 4) is 11.5 Å². The molecule has 4 nitrogen and oxygen atoms in total. The quantitative estimate of drug-likeness (QED) is 0.582. The first kappa shape index (κ1) is 18.2. The normalized spacial score (nSPS) is 13.3. The van der Waals surface area contributed by atoms with E-state index in [1.807, 2.05) is 0 Å². The van der Waals surface area contributed by atoms with E-state index in [-0.39, 0.29) is 21.5 Å². The van der Waals surface area contributed by atoms with Crippen LogP contribution in [0.5, 0.6) is 11.5 Å². The second-order valence-corrected chi connectivity index (χ2v) is 9.46. The van der Waals surface area contributed by atoms with Gasteiger partial charge in [-0.1, -0.05) is 0 Å². The fraction of sp³-hybridized carbons (Fsp3) is 0. The number of rotatable bonds is 4. The van der Waals surface area contributed by atoms with Crippen LogP contribution in [-0.2, 0) is 0 Å². The van der Waals surface area contributed by atoms with Crippen LogP contribution < -0.4 is 9.05 Å². The van der Waals surface area contributed by atoms with Crippen LogP contribution in [0.1, 0.15) is 0 Å². The molecular weight excluding hydrogens is 416 g/mol. The molecule has 0 saturated heterocycles. The molecule has 0 fully saturated rings. The second-order valence-electron chi connectivity index (χ2n) is 4.11. The van der Waals surface area contributed by atoms with Crippen LogP contribution in [0, 0.1) is 0 Å². The van der Waals surface area contributed by atoms with Crippen molar-refractivity contribution in [2.75, 3.05) is 0 Å². The van der Waals surface area contributed by atoms with Crippen LogP contribution in [-0.4, -0.2) is 9.79 Å². The molecule has 0 amide bonds. The first-order valence-corrected chi connectivity index (χ1v) is 9.97. The Hall–Kier alpha value is -0.160. The zero-order valence-electron chi connectivity index (χ0n) is 10.5. The van der Waals surface area contributed by atoms with Gasteiger partial charge in [-0.3, -0.25) is 0 Å². The Balaban J connectivity index is 2.29. The van der Waals surface area contributed by atoms with Gasteiger partial charge in [-0.15, -0.1) is 0 Å². The van der Waals surface area contributed by atoms with Crippen molar-refractivity contribution < 1.29 is 18.8 Å². The summed E-state index contributed by atoms with van der Waals surface area (Å²) in [7, 11) is 0. The van der Waals surface area contributed by atoms with Crippen LogP contribution in [0.15, 0.2) is 36.4 Å². The summed E-state index contributed by atoms with van der Waals surface area (Å²) >= 11 is 28.9. The molecule has 10 heteroatoms. The van der Waals surface area contributed by atoms with Gasteiger partial charge in [0.2, 0.25) is 0 Å². The Morgan fingerprint density at radius 2 is 1.09 bits per heavy atom. The third-order valence-electron chi connectivity index (χ3n) is 2.29. The summed E-state index contributed by atoms with van der Waals surface area (Å²) in [5, 5.41) is 0.724. The van der Waals surface area contributed by atoms with Crippen molar-refractivity contribution in [3.63, 3.8) is 0 Å². The van der Waals surface area contributed by atoms with E-state index in [4.69, 9.17) is 66.7 Å². The van der Waals surface area contributed by atoms with Crippen molar-refractivity contribution in [2.45, 2.75) is 0 Å². The number of benzene rings is 2. The summed E-state index contributed by atoms with van der Waals surface area (Å²) < 4.78 is 9.93.